The van der Waals surface area contributed by atoms with E-state index in [9.17, 15) is 9.59 Å². The summed E-state index contributed by atoms with van der Waals surface area (Å²) in [5.74, 6) is -0.812. The van der Waals surface area contributed by atoms with Crippen LogP contribution < -0.4 is 0 Å². The molecule has 0 aromatic carbocycles. The Kier molecular flexibility index (Phi) is 25.8. The monoisotopic (exact) mass is 492 g/mol. The summed E-state index contributed by atoms with van der Waals surface area (Å²) in [6, 6.07) is 0. The van der Waals surface area contributed by atoms with E-state index in [1.54, 1.807) is 0 Å². The maximum Gasteiger partial charge on any atom is 0.306 e. The lowest BCUT2D eigenvalue weighted by atomic mass is 10.0. The molecule has 0 aliphatic rings. The van der Waals surface area contributed by atoms with Gasteiger partial charge in [-0.25, -0.2) is 0 Å². The molecule has 204 valence electrons. The first-order valence-corrected chi connectivity index (χ1v) is 14.8. The SMILES string of the molecule is CCC/C=C\C/C=C\C(CCCCCCC(=O)O)OC(=O)CCCCCCCCCCCCCC. The van der Waals surface area contributed by atoms with Gasteiger partial charge in [0.15, 0.2) is 0 Å². The molecule has 0 saturated carbocycles. The van der Waals surface area contributed by atoms with Crippen molar-refractivity contribution in [1.29, 1.82) is 0 Å². The van der Waals surface area contributed by atoms with Gasteiger partial charge in [-0.1, -0.05) is 122 Å². The van der Waals surface area contributed by atoms with Gasteiger partial charge >= 0.3 is 11.9 Å². The quantitative estimate of drug-likeness (QED) is 0.0741. The zero-order valence-electron chi connectivity index (χ0n) is 23.1. The van der Waals surface area contributed by atoms with Crippen LogP contribution in [-0.2, 0) is 14.3 Å². The molecule has 1 N–H and O–H groups in total. The Morgan fingerprint density at radius 2 is 1.20 bits per heavy atom. The smallest absolute Gasteiger partial charge is 0.306 e. The van der Waals surface area contributed by atoms with Crippen LogP contribution in [0.1, 0.15) is 155 Å². The van der Waals surface area contributed by atoms with Crippen molar-refractivity contribution in [2.45, 2.75) is 161 Å². The molecule has 0 aromatic rings. The number of carboxylic acids is 1. The van der Waals surface area contributed by atoms with Crippen LogP contribution in [0.2, 0.25) is 0 Å². The van der Waals surface area contributed by atoms with Gasteiger partial charge in [0.05, 0.1) is 0 Å². The number of allylic oxidation sites excluding steroid dienone is 3. The number of carbonyl (C=O) groups is 2. The summed E-state index contributed by atoms with van der Waals surface area (Å²) in [5.41, 5.74) is 0. The number of aliphatic carboxylic acids is 1. The number of carbonyl (C=O) groups excluding carboxylic acids is 1. The van der Waals surface area contributed by atoms with Crippen LogP contribution in [0.25, 0.3) is 0 Å². The Morgan fingerprint density at radius 1 is 0.657 bits per heavy atom. The van der Waals surface area contributed by atoms with E-state index < -0.39 is 5.97 Å². The minimum Gasteiger partial charge on any atom is -0.481 e. The lowest BCUT2D eigenvalue weighted by molar-refractivity contribution is -0.147. The van der Waals surface area contributed by atoms with Gasteiger partial charge in [-0.3, -0.25) is 9.59 Å². The standard InChI is InChI=1S/C31H56O4/c1-3-5-7-9-11-12-13-14-15-16-18-24-28-31(34)35-29(25-21-17-10-8-6-4-2)26-22-19-20-23-27-30(32)33/h8,10,21,25,29H,3-7,9,11-20,22-24,26-28H2,1-2H3,(H,32,33)/b10-8-,25-21-. The van der Waals surface area contributed by atoms with Crippen molar-refractivity contribution < 1.29 is 19.4 Å². The molecule has 0 saturated heterocycles. The van der Waals surface area contributed by atoms with Crippen molar-refractivity contribution in [3.63, 3.8) is 0 Å². The molecular weight excluding hydrogens is 436 g/mol. The van der Waals surface area contributed by atoms with Gasteiger partial charge < -0.3 is 9.84 Å². The fourth-order valence-corrected chi connectivity index (χ4v) is 4.20. The number of rotatable bonds is 26. The third-order valence-electron chi connectivity index (χ3n) is 6.39. The lowest BCUT2D eigenvalue weighted by Crippen LogP contribution is -2.16. The summed E-state index contributed by atoms with van der Waals surface area (Å²) in [5, 5.41) is 8.75. The van der Waals surface area contributed by atoms with E-state index in [-0.39, 0.29) is 18.5 Å². The van der Waals surface area contributed by atoms with Gasteiger partial charge in [0, 0.05) is 12.8 Å². The molecular formula is C31H56O4. The zero-order valence-corrected chi connectivity index (χ0v) is 23.1. The molecule has 35 heavy (non-hydrogen) atoms. The van der Waals surface area contributed by atoms with Gasteiger partial charge in [0.25, 0.3) is 0 Å². The van der Waals surface area contributed by atoms with Gasteiger partial charge in [-0.15, -0.1) is 0 Å². The second-order valence-corrected chi connectivity index (χ2v) is 9.94. The molecule has 1 atom stereocenters. The molecule has 0 heterocycles. The van der Waals surface area contributed by atoms with Crippen LogP contribution in [0.5, 0.6) is 0 Å². The molecule has 0 fully saturated rings. The maximum atomic E-state index is 12.4. The van der Waals surface area contributed by atoms with Crippen molar-refractivity contribution in [2.75, 3.05) is 0 Å². The average molecular weight is 493 g/mol. The first-order chi connectivity index (χ1) is 17.1. The molecule has 0 amide bonds. The molecule has 0 aromatic heterocycles. The molecule has 4 heteroatoms. The summed E-state index contributed by atoms with van der Waals surface area (Å²) in [7, 11) is 0. The Balaban J connectivity index is 4.03. The van der Waals surface area contributed by atoms with Crippen LogP contribution in [0.15, 0.2) is 24.3 Å². The van der Waals surface area contributed by atoms with E-state index in [1.165, 1.54) is 64.2 Å². The molecule has 0 bridgehead atoms. The van der Waals surface area contributed by atoms with Crippen molar-refractivity contribution >= 4 is 11.9 Å². The number of carboxylic acid groups (broad SMARTS) is 1. The number of hydrogen-bond donors (Lipinski definition) is 1. The van der Waals surface area contributed by atoms with Crippen LogP contribution in [0.3, 0.4) is 0 Å². The predicted molar refractivity (Wildman–Crippen MR) is 149 cm³/mol. The highest BCUT2D eigenvalue weighted by atomic mass is 16.5. The third kappa shape index (κ3) is 26.9. The first kappa shape index (κ1) is 33.4. The minimum atomic E-state index is -0.728. The number of unbranched alkanes of at least 4 members (excludes halogenated alkanes) is 15. The molecule has 0 aliphatic heterocycles. The molecule has 0 spiro atoms. The summed E-state index contributed by atoms with van der Waals surface area (Å²) in [6.07, 6.45) is 32.0. The lowest BCUT2D eigenvalue weighted by Gasteiger charge is -2.14. The Morgan fingerprint density at radius 3 is 1.77 bits per heavy atom. The summed E-state index contributed by atoms with van der Waals surface area (Å²) < 4.78 is 5.78. The maximum absolute atomic E-state index is 12.4. The molecule has 0 radical (unpaired) electrons. The molecule has 0 rings (SSSR count). The Hall–Kier alpha value is -1.58. The summed E-state index contributed by atoms with van der Waals surface area (Å²) in [6.45, 7) is 4.43. The van der Waals surface area contributed by atoms with E-state index in [0.29, 0.717) is 6.42 Å². The van der Waals surface area contributed by atoms with Gasteiger partial charge in [0.1, 0.15) is 6.10 Å². The van der Waals surface area contributed by atoms with Crippen molar-refractivity contribution in [3.8, 4) is 0 Å². The number of ether oxygens (including phenoxy) is 1. The van der Waals surface area contributed by atoms with Gasteiger partial charge in [-0.05, 0) is 44.6 Å². The normalized spacial score (nSPS) is 12.5. The van der Waals surface area contributed by atoms with E-state index in [0.717, 1.165) is 64.2 Å². The topological polar surface area (TPSA) is 63.6 Å². The van der Waals surface area contributed by atoms with Crippen molar-refractivity contribution in [2.24, 2.45) is 0 Å². The summed E-state index contributed by atoms with van der Waals surface area (Å²) >= 11 is 0. The fourth-order valence-electron chi connectivity index (χ4n) is 4.20. The van der Waals surface area contributed by atoms with E-state index in [2.05, 4.69) is 32.1 Å². The average Bonchev–Trinajstić information content (AvgIpc) is 2.83. The summed E-state index contributed by atoms with van der Waals surface area (Å²) in [4.78, 5) is 23.0. The zero-order chi connectivity index (χ0) is 25.8. The van der Waals surface area contributed by atoms with Gasteiger partial charge in [0.2, 0.25) is 0 Å². The van der Waals surface area contributed by atoms with E-state index in [4.69, 9.17) is 9.84 Å². The van der Waals surface area contributed by atoms with Crippen LogP contribution in [-0.4, -0.2) is 23.1 Å². The molecule has 0 aliphatic carbocycles. The van der Waals surface area contributed by atoms with Crippen LogP contribution in [0, 0.1) is 0 Å². The van der Waals surface area contributed by atoms with E-state index >= 15 is 0 Å². The van der Waals surface area contributed by atoms with Gasteiger partial charge in [-0.2, -0.15) is 0 Å². The number of hydrogen-bond acceptors (Lipinski definition) is 3. The van der Waals surface area contributed by atoms with Crippen LogP contribution >= 0.6 is 0 Å². The second kappa shape index (κ2) is 27.0. The highest BCUT2D eigenvalue weighted by Crippen LogP contribution is 2.15. The second-order valence-electron chi connectivity index (χ2n) is 9.94. The Labute approximate surface area is 217 Å². The van der Waals surface area contributed by atoms with Crippen LogP contribution in [0.4, 0.5) is 0 Å². The highest BCUT2D eigenvalue weighted by Gasteiger charge is 2.11. The number of esters is 1. The van der Waals surface area contributed by atoms with Crippen molar-refractivity contribution in [1.82, 2.24) is 0 Å². The Bertz CT molecular complexity index is 538. The minimum absolute atomic E-state index is 0.0841. The predicted octanol–water partition coefficient (Wildman–Crippen LogP) is 9.72. The van der Waals surface area contributed by atoms with E-state index in [1.807, 2.05) is 6.08 Å². The largest absolute Gasteiger partial charge is 0.481 e. The third-order valence-corrected chi connectivity index (χ3v) is 6.39. The fraction of sp³-hybridized carbons (Fsp3) is 0.806. The highest BCUT2D eigenvalue weighted by molar-refractivity contribution is 5.69. The molecule has 4 nitrogen and oxygen atoms in total. The first-order valence-electron chi connectivity index (χ1n) is 14.8. The van der Waals surface area contributed by atoms with Crippen molar-refractivity contribution in [3.05, 3.63) is 24.3 Å². The molecule has 1 unspecified atom stereocenters.